The average Bonchev–Trinajstić information content (AvgIpc) is 2.91. The van der Waals surface area contributed by atoms with Crippen LogP contribution >= 0.6 is 0 Å². The maximum atomic E-state index is 12.4. The van der Waals surface area contributed by atoms with Crippen molar-refractivity contribution in [2.45, 2.75) is 25.8 Å². The van der Waals surface area contributed by atoms with E-state index in [1.807, 2.05) is 24.3 Å². The Bertz CT molecular complexity index is 722. The van der Waals surface area contributed by atoms with Gasteiger partial charge in [-0.1, -0.05) is 29.4 Å². The normalized spacial score (nSPS) is 17.1. The molecular formula is C16H16N2O4. The number of aromatic nitrogens is 1. The van der Waals surface area contributed by atoms with Crippen LogP contribution in [0, 0.1) is 6.92 Å². The van der Waals surface area contributed by atoms with Gasteiger partial charge in [0.15, 0.2) is 0 Å². The molecule has 0 saturated heterocycles. The van der Waals surface area contributed by atoms with Crippen LogP contribution in [-0.2, 0) is 22.6 Å². The van der Waals surface area contributed by atoms with Gasteiger partial charge in [-0.05, 0) is 18.1 Å². The van der Waals surface area contributed by atoms with Gasteiger partial charge < -0.3 is 14.5 Å². The zero-order valence-electron chi connectivity index (χ0n) is 12.2. The molecule has 1 unspecified atom stereocenters. The molecule has 6 nitrogen and oxygen atoms in total. The third-order valence-electron chi connectivity index (χ3n) is 3.85. The van der Waals surface area contributed by atoms with Gasteiger partial charge in [0.2, 0.25) is 5.91 Å². The van der Waals surface area contributed by atoms with Gasteiger partial charge in [-0.25, -0.2) is 0 Å². The molecular weight excluding hydrogens is 284 g/mol. The summed E-state index contributed by atoms with van der Waals surface area (Å²) in [6, 6.07) is 9.07. The summed E-state index contributed by atoms with van der Waals surface area (Å²) in [6.07, 6.45) is 0.117. The van der Waals surface area contributed by atoms with E-state index >= 15 is 0 Å². The Hall–Kier alpha value is -2.63. The standard InChI is InChI=1S/C16H16N2O4/c1-10-6-12(17-22-10)7-15(19)18-8-11-4-2-3-5-13(11)14(9-18)16(20)21/h2-6,14H,7-9H2,1H3,(H,20,21). The second-order valence-electron chi connectivity index (χ2n) is 5.47. The molecule has 1 aromatic heterocycles. The summed E-state index contributed by atoms with van der Waals surface area (Å²) in [4.78, 5) is 25.5. The lowest BCUT2D eigenvalue weighted by molar-refractivity contribution is -0.141. The summed E-state index contributed by atoms with van der Waals surface area (Å²) in [6.45, 7) is 2.37. The minimum Gasteiger partial charge on any atom is -0.481 e. The third-order valence-corrected chi connectivity index (χ3v) is 3.85. The van der Waals surface area contributed by atoms with Gasteiger partial charge in [0.05, 0.1) is 18.0 Å². The highest BCUT2D eigenvalue weighted by molar-refractivity contribution is 5.82. The largest absolute Gasteiger partial charge is 0.481 e. The molecule has 0 saturated carbocycles. The summed E-state index contributed by atoms with van der Waals surface area (Å²) in [5, 5.41) is 13.2. The van der Waals surface area contributed by atoms with Crippen LogP contribution in [0.15, 0.2) is 34.9 Å². The molecule has 0 spiro atoms. The number of aryl methyl sites for hydroxylation is 1. The van der Waals surface area contributed by atoms with E-state index in [1.165, 1.54) is 0 Å². The number of carboxylic acid groups (broad SMARTS) is 1. The van der Waals surface area contributed by atoms with Crippen LogP contribution in [-0.4, -0.2) is 33.6 Å². The smallest absolute Gasteiger partial charge is 0.312 e. The molecule has 2 heterocycles. The lowest BCUT2D eigenvalue weighted by atomic mass is 9.89. The third kappa shape index (κ3) is 2.72. The van der Waals surface area contributed by atoms with Crippen molar-refractivity contribution in [1.29, 1.82) is 0 Å². The van der Waals surface area contributed by atoms with E-state index in [4.69, 9.17) is 4.52 Å². The first kappa shape index (κ1) is 14.3. The van der Waals surface area contributed by atoms with Gasteiger partial charge in [-0.3, -0.25) is 9.59 Å². The molecule has 114 valence electrons. The van der Waals surface area contributed by atoms with Crippen molar-refractivity contribution in [3.05, 3.63) is 52.9 Å². The second kappa shape index (κ2) is 5.63. The van der Waals surface area contributed by atoms with Crippen LogP contribution in [0.4, 0.5) is 0 Å². The molecule has 0 fully saturated rings. The molecule has 0 bridgehead atoms. The van der Waals surface area contributed by atoms with Gasteiger partial charge in [0, 0.05) is 19.2 Å². The quantitative estimate of drug-likeness (QED) is 0.933. The van der Waals surface area contributed by atoms with Gasteiger partial charge >= 0.3 is 5.97 Å². The van der Waals surface area contributed by atoms with Crippen LogP contribution in [0.25, 0.3) is 0 Å². The van der Waals surface area contributed by atoms with Gasteiger partial charge in [0.1, 0.15) is 5.76 Å². The molecule has 1 aliphatic rings. The highest BCUT2D eigenvalue weighted by Gasteiger charge is 2.32. The van der Waals surface area contributed by atoms with Crippen molar-refractivity contribution in [2.24, 2.45) is 0 Å². The average molecular weight is 300 g/mol. The number of rotatable bonds is 3. The van der Waals surface area contributed by atoms with Crippen molar-refractivity contribution >= 4 is 11.9 Å². The first-order valence-electron chi connectivity index (χ1n) is 7.05. The summed E-state index contributed by atoms with van der Waals surface area (Å²) in [7, 11) is 0. The summed E-state index contributed by atoms with van der Waals surface area (Å²) in [5.41, 5.74) is 2.23. The van der Waals surface area contributed by atoms with Crippen molar-refractivity contribution in [2.75, 3.05) is 6.54 Å². The van der Waals surface area contributed by atoms with E-state index in [0.717, 1.165) is 11.1 Å². The van der Waals surface area contributed by atoms with E-state index in [2.05, 4.69) is 5.16 Å². The first-order valence-corrected chi connectivity index (χ1v) is 7.05. The molecule has 1 amide bonds. The topological polar surface area (TPSA) is 83.6 Å². The highest BCUT2D eigenvalue weighted by atomic mass is 16.5. The monoisotopic (exact) mass is 300 g/mol. The van der Waals surface area contributed by atoms with Crippen LogP contribution < -0.4 is 0 Å². The molecule has 1 aliphatic heterocycles. The molecule has 6 heteroatoms. The zero-order chi connectivity index (χ0) is 15.7. The van der Waals surface area contributed by atoms with Crippen molar-refractivity contribution in [3.63, 3.8) is 0 Å². The molecule has 2 aromatic rings. The van der Waals surface area contributed by atoms with E-state index in [1.54, 1.807) is 17.9 Å². The molecule has 0 radical (unpaired) electrons. The van der Waals surface area contributed by atoms with Crippen LogP contribution in [0.5, 0.6) is 0 Å². The van der Waals surface area contributed by atoms with Gasteiger partial charge in [-0.15, -0.1) is 0 Å². The van der Waals surface area contributed by atoms with E-state index in [9.17, 15) is 14.7 Å². The molecule has 0 aliphatic carbocycles. The number of carbonyl (C=O) groups is 2. The van der Waals surface area contributed by atoms with Crippen LogP contribution in [0.1, 0.15) is 28.5 Å². The number of carboxylic acids is 1. The predicted molar refractivity (Wildman–Crippen MR) is 77.2 cm³/mol. The number of benzene rings is 1. The van der Waals surface area contributed by atoms with Crippen molar-refractivity contribution in [1.82, 2.24) is 10.1 Å². The van der Waals surface area contributed by atoms with E-state index in [-0.39, 0.29) is 18.9 Å². The number of hydrogen-bond acceptors (Lipinski definition) is 4. The number of hydrogen-bond donors (Lipinski definition) is 1. The first-order chi connectivity index (χ1) is 10.5. The lowest BCUT2D eigenvalue weighted by Crippen LogP contribution is -2.41. The number of fused-ring (bicyclic) bond motifs is 1. The highest BCUT2D eigenvalue weighted by Crippen LogP contribution is 2.28. The SMILES string of the molecule is Cc1cc(CC(=O)N2Cc3ccccc3C(C(=O)O)C2)no1. The summed E-state index contributed by atoms with van der Waals surface area (Å²) in [5.74, 6) is -1.10. The number of aliphatic carboxylic acids is 1. The van der Waals surface area contributed by atoms with Gasteiger partial charge in [-0.2, -0.15) is 0 Å². The summed E-state index contributed by atoms with van der Waals surface area (Å²) < 4.78 is 4.95. The Morgan fingerprint density at radius 2 is 2.18 bits per heavy atom. The van der Waals surface area contributed by atoms with Crippen molar-refractivity contribution < 1.29 is 19.2 Å². The lowest BCUT2D eigenvalue weighted by Gasteiger charge is -2.32. The number of carbonyl (C=O) groups excluding carboxylic acids is 1. The van der Waals surface area contributed by atoms with E-state index in [0.29, 0.717) is 18.0 Å². The number of nitrogens with zero attached hydrogens (tertiary/aromatic N) is 2. The van der Waals surface area contributed by atoms with Gasteiger partial charge in [0.25, 0.3) is 0 Å². The Morgan fingerprint density at radius 3 is 2.86 bits per heavy atom. The second-order valence-corrected chi connectivity index (χ2v) is 5.47. The van der Waals surface area contributed by atoms with Crippen molar-refractivity contribution in [3.8, 4) is 0 Å². The molecule has 3 rings (SSSR count). The molecule has 22 heavy (non-hydrogen) atoms. The fraction of sp³-hybridized carbons (Fsp3) is 0.312. The maximum Gasteiger partial charge on any atom is 0.312 e. The maximum absolute atomic E-state index is 12.4. The Morgan fingerprint density at radius 1 is 1.41 bits per heavy atom. The fourth-order valence-electron chi connectivity index (χ4n) is 2.78. The van der Waals surface area contributed by atoms with E-state index < -0.39 is 11.9 Å². The Balaban J connectivity index is 1.81. The molecule has 1 aromatic carbocycles. The minimum atomic E-state index is -0.915. The summed E-state index contributed by atoms with van der Waals surface area (Å²) >= 11 is 0. The van der Waals surface area contributed by atoms with Crippen LogP contribution in [0.3, 0.4) is 0 Å². The van der Waals surface area contributed by atoms with Crippen LogP contribution in [0.2, 0.25) is 0 Å². The minimum absolute atomic E-state index is 0.117. The zero-order valence-corrected chi connectivity index (χ0v) is 12.2. The Kier molecular flexibility index (Phi) is 3.66. The fourth-order valence-corrected chi connectivity index (χ4v) is 2.78. The predicted octanol–water partition coefficient (Wildman–Crippen LogP) is 1.74. The Labute approximate surface area is 127 Å². The number of amides is 1. The molecule has 1 atom stereocenters. The molecule has 1 N–H and O–H groups in total.